The van der Waals surface area contributed by atoms with Gasteiger partial charge < -0.3 is 9.84 Å². The van der Waals surface area contributed by atoms with Crippen LogP contribution in [-0.4, -0.2) is 36.2 Å². The Kier molecular flexibility index (Phi) is 4.49. The zero-order valence-corrected chi connectivity index (χ0v) is 10.2. The topological polar surface area (TPSA) is 32.7 Å². The van der Waals surface area contributed by atoms with Gasteiger partial charge in [0.05, 0.1) is 6.61 Å². The summed E-state index contributed by atoms with van der Waals surface area (Å²) in [5.74, 6) is -1.88. The van der Waals surface area contributed by atoms with E-state index in [1.54, 1.807) is 0 Å². The van der Waals surface area contributed by atoms with Crippen molar-refractivity contribution in [3.8, 4) is 5.75 Å². The molecule has 0 aromatic heterocycles. The molecule has 1 aromatic carbocycles. The van der Waals surface area contributed by atoms with Crippen LogP contribution in [0, 0.1) is 11.6 Å². The SMILES string of the molecule is OCc1cc(F)c(OCCN2CCCC2)c(F)c1. The minimum absolute atomic E-state index is 0.205. The van der Waals surface area contributed by atoms with Crippen molar-refractivity contribution in [1.29, 1.82) is 0 Å². The first-order chi connectivity index (χ1) is 8.70. The van der Waals surface area contributed by atoms with Crippen LogP contribution in [0.4, 0.5) is 8.78 Å². The number of ether oxygens (including phenoxy) is 1. The van der Waals surface area contributed by atoms with Gasteiger partial charge in [-0.25, -0.2) is 8.78 Å². The average Bonchev–Trinajstić information content (AvgIpc) is 2.85. The van der Waals surface area contributed by atoms with Crippen LogP contribution < -0.4 is 4.74 Å². The van der Waals surface area contributed by atoms with E-state index in [1.165, 1.54) is 12.8 Å². The number of rotatable bonds is 5. The van der Waals surface area contributed by atoms with Gasteiger partial charge in [0, 0.05) is 6.54 Å². The Morgan fingerprint density at radius 2 is 1.78 bits per heavy atom. The molecule has 1 aromatic rings. The largest absolute Gasteiger partial charge is 0.486 e. The second-order valence-electron chi connectivity index (χ2n) is 4.44. The van der Waals surface area contributed by atoms with Gasteiger partial charge in [-0.15, -0.1) is 0 Å². The summed E-state index contributed by atoms with van der Waals surface area (Å²) in [5, 5.41) is 8.82. The molecule has 1 heterocycles. The summed E-state index contributed by atoms with van der Waals surface area (Å²) in [6, 6.07) is 2.18. The lowest BCUT2D eigenvalue weighted by atomic mass is 10.2. The summed E-state index contributed by atoms with van der Waals surface area (Å²) in [6.07, 6.45) is 2.35. The molecule has 0 saturated carbocycles. The van der Waals surface area contributed by atoms with Crippen molar-refractivity contribution < 1.29 is 18.6 Å². The van der Waals surface area contributed by atoms with Crippen molar-refractivity contribution in [2.45, 2.75) is 19.4 Å². The zero-order valence-electron chi connectivity index (χ0n) is 10.2. The quantitative estimate of drug-likeness (QED) is 0.875. The van der Waals surface area contributed by atoms with Crippen molar-refractivity contribution in [2.75, 3.05) is 26.2 Å². The molecule has 2 rings (SSSR count). The van der Waals surface area contributed by atoms with Gasteiger partial charge in [0.2, 0.25) is 0 Å². The number of aliphatic hydroxyl groups is 1. The summed E-state index contributed by atoms with van der Waals surface area (Å²) in [7, 11) is 0. The van der Waals surface area contributed by atoms with Crippen LogP contribution in [-0.2, 0) is 6.61 Å². The molecule has 0 aliphatic carbocycles. The molecule has 0 unspecified atom stereocenters. The predicted molar refractivity (Wildman–Crippen MR) is 63.4 cm³/mol. The molecule has 0 amide bonds. The van der Waals surface area contributed by atoms with E-state index < -0.39 is 11.6 Å². The third-order valence-electron chi connectivity index (χ3n) is 3.09. The highest BCUT2D eigenvalue weighted by Crippen LogP contribution is 2.23. The van der Waals surface area contributed by atoms with Gasteiger partial charge in [-0.1, -0.05) is 0 Å². The maximum atomic E-state index is 13.5. The van der Waals surface area contributed by atoms with Crippen LogP contribution in [0.25, 0.3) is 0 Å². The number of hydrogen-bond acceptors (Lipinski definition) is 3. The van der Waals surface area contributed by atoms with E-state index in [0.29, 0.717) is 6.54 Å². The standard InChI is InChI=1S/C13H17F2NO2/c14-11-7-10(9-17)8-12(15)13(11)18-6-5-16-3-1-2-4-16/h7-8,17H,1-6,9H2. The van der Waals surface area contributed by atoms with E-state index in [1.807, 2.05) is 0 Å². The molecule has 0 bridgehead atoms. The number of aliphatic hydroxyl groups excluding tert-OH is 1. The fourth-order valence-corrected chi connectivity index (χ4v) is 2.12. The molecule has 0 atom stereocenters. The lowest BCUT2D eigenvalue weighted by molar-refractivity contribution is 0.222. The molecule has 1 fully saturated rings. The summed E-state index contributed by atoms with van der Waals surface area (Å²) >= 11 is 0. The summed E-state index contributed by atoms with van der Waals surface area (Å²) in [5.41, 5.74) is 0.205. The first kappa shape index (κ1) is 13.2. The Bertz CT molecular complexity index is 383. The van der Waals surface area contributed by atoms with E-state index in [-0.39, 0.29) is 24.5 Å². The molecule has 1 N–H and O–H groups in total. The highest BCUT2D eigenvalue weighted by Gasteiger charge is 2.14. The van der Waals surface area contributed by atoms with Gasteiger partial charge >= 0.3 is 0 Å². The lowest BCUT2D eigenvalue weighted by Crippen LogP contribution is -2.25. The van der Waals surface area contributed by atoms with Crippen molar-refractivity contribution in [2.24, 2.45) is 0 Å². The van der Waals surface area contributed by atoms with E-state index in [2.05, 4.69) is 4.90 Å². The van der Waals surface area contributed by atoms with E-state index >= 15 is 0 Å². The average molecular weight is 257 g/mol. The smallest absolute Gasteiger partial charge is 0.190 e. The van der Waals surface area contributed by atoms with Crippen molar-refractivity contribution in [3.05, 3.63) is 29.3 Å². The van der Waals surface area contributed by atoms with Crippen LogP contribution in [0.1, 0.15) is 18.4 Å². The minimum atomic E-state index is -0.763. The molecule has 100 valence electrons. The van der Waals surface area contributed by atoms with Crippen molar-refractivity contribution in [3.63, 3.8) is 0 Å². The number of likely N-dealkylation sites (tertiary alicyclic amines) is 1. The predicted octanol–water partition coefficient (Wildman–Crippen LogP) is 1.93. The van der Waals surface area contributed by atoms with Crippen LogP contribution in [0.3, 0.4) is 0 Å². The molecular formula is C13H17F2NO2. The molecular weight excluding hydrogens is 240 g/mol. The third kappa shape index (κ3) is 3.17. The second-order valence-corrected chi connectivity index (χ2v) is 4.44. The number of nitrogens with zero attached hydrogens (tertiary/aromatic N) is 1. The molecule has 3 nitrogen and oxygen atoms in total. The van der Waals surface area contributed by atoms with Gasteiger partial charge in [0.15, 0.2) is 17.4 Å². The Morgan fingerprint density at radius 1 is 1.17 bits per heavy atom. The van der Waals surface area contributed by atoms with Crippen molar-refractivity contribution >= 4 is 0 Å². The maximum absolute atomic E-state index is 13.5. The van der Waals surface area contributed by atoms with Gasteiger partial charge in [-0.05, 0) is 43.6 Å². The van der Waals surface area contributed by atoms with E-state index in [0.717, 1.165) is 25.2 Å². The molecule has 0 spiro atoms. The second kappa shape index (κ2) is 6.11. The number of benzene rings is 1. The zero-order chi connectivity index (χ0) is 13.0. The first-order valence-electron chi connectivity index (χ1n) is 6.14. The molecule has 5 heteroatoms. The van der Waals surface area contributed by atoms with Crippen molar-refractivity contribution in [1.82, 2.24) is 4.90 Å². The van der Waals surface area contributed by atoms with Gasteiger partial charge in [-0.3, -0.25) is 4.90 Å². The monoisotopic (exact) mass is 257 g/mol. The van der Waals surface area contributed by atoms with E-state index in [4.69, 9.17) is 9.84 Å². The summed E-state index contributed by atoms with van der Waals surface area (Å²) in [6.45, 7) is 2.62. The van der Waals surface area contributed by atoms with Crippen LogP contribution in [0.5, 0.6) is 5.75 Å². The lowest BCUT2D eigenvalue weighted by Gasteiger charge is -2.15. The Morgan fingerprint density at radius 3 is 2.33 bits per heavy atom. The molecule has 0 radical (unpaired) electrons. The molecule has 18 heavy (non-hydrogen) atoms. The van der Waals surface area contributed by atoms with Crippen LogP contribution in [0.15, 0.2) is 12.1 Å². The number of hydrogen-bond donors (Lipinski definition) is 1. The minimum Gasteiger partial charge on any atom is -0.486 e. The summed E-state index contributed by atoms with van der Waals surface area (Å²) < 4.78 is 32.2. The fourth-order valence-electron chi connectivity index (χ4n) is 2.12. The fraction of sp³-hybridized carbons (Fsp3) is 0.538. The van der Waals surface area contributed by atoms with Gasteiger partial charge in [0.1, 0.15) is 6.61 Å². The Balaban J connectivity index is 1.92. The third-order valence-corrected chi connectivity index (χ3v) is 3.09. The Labute approximate surface area is 105 Å². The van der Waals surface area contributed by atoms with Gasteiger partial charge in [0.25, 0.3) is 0 Å². The molecule has 1 saturated heterocycles. The molecule has 1 aliphatic heterocycles. The summed E-state index contributed by atoms with van der Waals surface area (Å²) in [4.78, 5) is 2.21. The van der Waals surface area contributed by atoms with E-state index in [9.17, 15) is 8.78 Å². The highest BCUT2D eigenvalue weighted by atomic mass is 19.1. The van der Waals surface area contributed by atoms with Crippen LogP contribution in [0.2, 0.25) is 0 Å². The first-order valence-corrected chi connectivity index (χ1v) is 6.14. The normalized spacial score (nSPS) is 16.2. The van der Waals surface area contributed by atoms with Crippen LogP contribution >= 0.6 is 0 Å². The number of halogens is 2. The maximum Gasteiger partial charge on any atom is 0.190 e. The molecule has 1 aliphatic rings. The highest BCUT2D eigenvalue weighted by molar-refractivity contribution is 5.31. The van der Waals surface area contributed by atoms with Gasteiger partial charge in [-0.2, -0.15) is 0 Å². The Hall–Kier alpha value is -1.20.